The summed E-state index contributed by atoms with van der Waals surface area (Å²) < 4.78 is 29.7. The van der Waals surface area contributed by atoms with Gasteiger partial charge in [0.15, 0.2) is 7.95 Å². The summed E-state index contributed by atoms with van der Waals surface area (Å²) in [7, 11) is -2.51. The van der Waals surface area contributed by atoms with Crippen molar-refractivity contribution in [3.63, 3.8) is 0 Å². The monoisotopic (exact) mass is 581 g/mol. The van der Waals surface area contributed by atoms with Crippen LogP contribution in [-0.4, -0.2) is 72.3 Å². The Balaban J connectivity index is 2.01. The zero-order valence-corrected chi connectivity index (χ0v) is 25.6. The van der Waals surface area contributed by atoms with Crippen LogP contribution >= 0.6 is 7.95 Å². The first-order chi connectivity index (χ1) is 19.0. The molecule has 0 spiro atoms. The number of carbonyl (C=O) groups excluding carboxylic acids is 3. The third kappa shape index (κ3) is 8.39. The van der Waals surface area contributed by atoms with Gasteiger partial charge in [-0.15, -0.1) is 0 Å². The highest BCUT2D eigenvalue weighted by atomic mass is 31.1. The van der Waals surface area contributed by atoms with Crippen LogP contribution in [0.2, 0.25) is 0 Å². The van der Waals surface area contributed by atoms with E-state index in [1.807, 2.05) is 26.8 Å². The van der Waals surface area contributed by atoms with Crippen LogP contribution in [0.15, 0.2) is 11.6 Å². The molecule has 1 aromatic rings. The molecule has 0 bridgehead atoms. The van der Waals surface area contributed by atoms with E-state index in [1.165, 1.54) is 4.78 Å². The molecule has 1 aromatic carbocycles. The lowest BCUT2D eigenvalue weighted by Crippen LogP contribution is -2.51. The molecule has 11 nitrogen and oxygen atoms in total. The van der Waals surface area contributed by atoms with Crippen molar-refractivity contribution in [3.05, 3.63) is 39.5 Å². The second-order valence-electron chi connectivity index (χ2n) is 9.69. The summed E-state index contributed by atoms with van der Waals surface area (Å²) in [6, 6.07) is -1.66. The molecule has 0 saturated heterocycles. The van der Waals surface area contributed by atoms with Crippen LogP contribution in [0, 0.1) is 6.92 Å². The van der Waals surface area contributed by atoms with Gasteiger partial charge < -0.3 is 29.2 Å². The number of rotatable bonds is 16. The summed E-state index contributed by atoms with van der Waals surface area (Å²) in [5.41, 5.74) is 7.64. The maximum absolute atomic E-state index is 13.2. The third-order valence-corrected chi connectivity index (χ3v) is 8.56. The quantitative estimate of drug-likeness (QED) is 0.0661. The number of phenols is 1. The number of esters is 3. The fourth-order valence-electron chi connectivity index (χ4n) is 4.59. The largest absolute Gasteiger partial charge is 0.507 e. The Morgan fingerprint density at radius 2 is 1.80 bits per heavy atom. The van der Waals surface area contributed by atoms with E-state index in [9.17, 15) is 24.1 Å². The maximum atomic E-state index is 13.2. The second-order valence-corrected chi connectivity index (χ2v) is 11.5. The summed E-state index contributed by atoms with van der Waals surface area (Å²) in [4.78, 5) is 36.6. The van der Waals surface area contributed by atoms with Gasteiger partial charge in [0.05, 0.1) is 13.2 Å². The van der Waals surface area contributed by atoms with Gasteiger partial charge in [0.2, 0.25) is 0 Å². The topological polar surface area (TPSA) is 144 Å². The number of hydrogen-bond donors (Lipinski definition) is 3. The number of nitrogens with one attached hydrogen (secondary N) is 2. The first-order valence-corrected chi connectivity index (χ1v) is 15.4. The van der Waals surface area contributed by atoms with E-state index in [2.05, 4.69) is 10.7 Å². The number of nitrogens with zero attached hydrogens (tertiary/aromatic N) is 1. The van der Waals surface area contributed by atoms with E-state index < -0.39 is 37.9 Å². The molecular weight excluding hydrogens is 537 g/mol. The molecule has 0 saturated carbocycles. The summed E-state index contributed by atoms with van der Waals surface area (Å²) >= 11 is 0. The van der Waals surface area contributed by atoms with Crippen molar-refractivity contribution in [2.75, 3.05) is 32.5 Å². The number of hydrazine groups is 1. The average molecular weight is 582 g/mol. The van der Waals surface area contributed by atoms with Gasteiger partial charge in [-0.1, -0.05) is 18.6 Å². The molecule has 12 heteroatoms. The Labute approximate surface area is 237 Å². The summed E-state index contributed by atoms with van der Waals surface area (Å²) in [5.74, 6) is -1.55. The molecule has 0 radical (unpaired) electrons. The predicted octanol–water partition coefficient (Wildman–Crippen LogP) is 3.20. The Morgan fingerprint density at radius 3 is 2.42 bits per heavy atom. The van der Waals surface area contributed by atoms with Crippen LogP contribution in [-0.2, 0) is 47.8 Å². The van der Waals surface area contributed by atoms with Gasteiger partial charge >= 0.3 is 17.9 Å². The van der Waals surface area contributed by atoms with Gasteiger partial charge in [-0.2, -0.15) is 4.78 Å². The van der Waals surface area contributed by atoms with E-state index >= 15 is 0 Å². The number of phenolic OH excluding ortho intramolecular Hbond substituents is 1. The lowest BCUT2D eigenvalue weighted by atomic mass is 9.89. The van der Waals surface area contributed by atoms with E-state index in [0.717, 1.165) is 34.2 Å². The minimum atomic E-state index is -2.51. The van der Waals surface area contributed by atoms with Crippen LogP contribution in [0.1, 0.15) is 74.2 Å². The van der Waals surface area contributed by atoms with Crippen LogP contribution in [0.3, 0.4) is 0 Å². The third-order valence-electron chi connectivity index (χ3n) is 6.83. The highest BCUT2D eigenvalue weighted by Crippen LogP contribution is 2.38. The molecule has 224 valence electrons. The van der Waals surface area contributed by atoms with Crippen LogP contribution < -0.4 is 10.7 Å². The number of benzene rings is 1. The van der Waals surface area contributed by atoms with E-state index in [-0.39, 0.29) is 37.3 Å². The standard InChI is InChI=1S/C28H44N3O8P/c1-8-21-18(5)23-16-39-28(35)24(23)25(32)22(21)12-11-17(4)15-29-13-14-40(36)31(20(7)27(34)38-10-3)30-19(6)26(33)37-9-2/h11,19-20,29-30,32,40H,8-10,12-16H2,1-7H3. The number of ether oxygens (including phenoxy) is 3. The number of cyclic esters (lactones) is 1. The SMILES string of the molecule is CCOC(=O)C(C)NN(C(C)C(=O)OCC)[PH](=O)CCNCC(C)=CCc1c(O)c2c(c(C)c1CC)COC2=O. The van der Waals surface area contributed by atoms with Gasteiger partial charge in [0.25, 0.3) is 0 Å². The van der Waals surface area contributed by atoms with E-state index in [4.69, 9.17) is 14.2 Å². The van der Waals surface area contributed by atoms with Crippen molar-refractivity contribution in [1.82, 2.24) is 15.5 Å². The van der Waals surface area contributed by atoms with Crippen molar-refractivity contribution in [1.29, 1.82) is 0 Å². The predicted molar refractivity (Wildman–Crippen MR) is 153 cm³/mol. The Morgan fingerprint density at radius 1 is 1.15 bits per heavy atom. The zero-order valence-electron chi connectivity index (χ0n) is 24.6. The maximum Gasteiger partial charge on any atom is 0.342 e. The van der Waals surface area contributed by atoms with Crippen LogP contribution in [0.25, 0.3) is 0 Å². The molecule has 40 heavy (non-hydrogen) atoms. The normalized spacial score (nSPS) is 15.4. The molecule has 1 heterocycles. The minimum Gasteiger partial charge on any atom is -0.507 e. The fraction of sp³-hybridized carbons (Fsp3) is 0.607. The van der Waals surface area contributed by atoms with Crippen molar-refractivity contribution < 1.29 is 38.3 Å². The number of carbonyl (C=O) groups is 3. The number of hydrogen-bond acceptors (Lipinski definition) is 10. The van der Waals surface area contributed by atoms with Gasteiger partial charge in [0, 0.05) is 30.4 Å². The summed E-state index contributed by atoms with van der Waals surface area (Å²) in [6.07, 6.45) is 3.42. The van der Waals surface area contributed by atoms with Gasteiger partial charge in [0.1, 0.15) is 30.0 Å². The van der Waals surface area contributed by atoms with Crippen molar-refractivity contribution in [3.8, 4) is 5.75 Å². The molecule has 0 aliphatic carbocycles. The molecule has 1 aliphatic rings. The molecule has 3 N–H and O–H groups in total. The van der Waals surface area contributed by atoms with E-state index in [1.54, 1.807) is 27.7 Å². The Bertz CT molecular complexity index is 1140. The molecule has 2 rings (SSSR count). The molecule has 0 amide bonds. The number of aromatic hydroxyl groups is 1. The van der Waals surface area contributed by atoms with E-state index in [0.29, 0.717) is 19.5 Å². The van der Waals surface area contributed by atoms with Crippen LogP contribution in [0.5, 0.6) is 5.75 Å². The minimum absolute atomic E-state index is 0.00378. The molecule has 0 aromatic heterocycles. The smallest absolute Gasteiger partial charge is 0.342 e. The lowest BCUT2D eigenvalue weighted by Gasteiger charge is -2.29. The van der Waals surface area contributed by atoms with Crippen molar-refractivity contribution in [2.24, 2.45) is 0 Å². The first-order valence-electron chi connectivity index (χ1n) is 13.8. The fourth-order valence-corrected chi connectivity index (χ4v) is 6.09. The van der Waals surface area contributed by atoms with Crippen molar-refractivity contribution in [2.45, 2.75) is 80.0 Å². The molecular formula is C28H44N3O8P. The average Bonchev–Trinajstić information content (AvgIpc) is 3.32. The van der Waals surface area contributed by atoms with Gasteiger partial charge in [-0.3, -0.25) is 9.59 Å². The molecule has 3 atom stereocenters. The number of allylic oxidation sites excluding steroid dienone is 1. The molecule has 0 fully saturated rings. The van der Waals surface area contributed by atoms with Crippen molar-refractivity contribution >= 4 is 25.9 Å². The Hall–Kier alpha value is -2.72. The van der Waals surface area contributed by atoms with Crippen LogP contribution in [0.4, 0.5) is 0 Å². The zero-order chi connectivity index (χ0) is 30.0. The molecule has 3 unspecified atom stereocenters. The highest BCUT2D eigenvalue weighted by Gasteiger charge is 2.31. The second kappa shape index (κ2) is 15.9. The van der Waals surface area contributed by atoms with Gasteiger partial charge in [-0.05, 0) is 65.5 Å². The summed E-state index contributed by atoms with van der Waals surface area (Å²) in [5, 5.41) is 14.1. The molecule has 1 aliphatic heterocycles. The summed E-state index contributed by atoms with van der Waals surface area (Å²) in [6.45, 7) is 14.0. The van der Waals surface area contributed by atoms with Gasteiger partial charge in [-0.25, -0.2) is 10.2 Å². The lowest BCUT2D eigenvalue weighted by molar-refractivity contribution is -0.151. The first kappa shape index (κ1) is 33.5. The number of fused-ring (bicyclic) bond motifs is 1. The Kier molecular flexibility index (Phi) is 13.3. The highest BCUT2D eigenvalue weighted by molar-refractivity contribution is 7.42.